The van der Waals surface area contributed by atoms with Gasteiger partial charge >= 0.3 is 5.97 Å². The van der Waals surface area contributed by atoms with Gasteiger partial charge in [-0.25, -0.2) is 0 Å². The number of hydrogen-bond acceptors (Lipinski definition) is 3. The second-order valence-electron chi connectivity index (χ2n) is 4.91. The Morgan fingerprint density at radius 1 is 1.10 bits per heavy atom. The molecule has 0 radical (unpaired) electrons. The molecule has 1 heterocycles. The van der Waals surface area contributed by atoms with Crippen LogP contribution in [0, 0.1) is 6.92 Å². The lowest BCUT2D eigenvalue weighted by Gasteiger charge is -2.02. The molecular weight excluding hydrogens is 268 g/mol. The number of thiophene rings is 1. The Labute approximate surface area is 122 Å². The summed E-state index contributed by atoms with van der Waals surface area (Å²) >= 11 is 1.77. The summed E-state index contributed by atoms with van der Waals surface area (Å²) < 4.78 is 7.52. The molecule has 0 atom stereocenters. The topological polar surface area (TPSA) is 26.3 Å². The van der Waals surface area contributed by atoms with Gasteiger partial charge in [0.25, 0.3) is 0 Å². The molecule has 0 bridgehead atoms. The van der Waals surface area contributed by atoms with Gasteiger partial charge < -0.3 is 4.74 Å². The maximum Gasteiger partial charge on any atom is 0.310 e. The van der Waals surface area contributed by atoms with Crippen molar-refractivity contribution in [1.29, 1.82) is 0 Å². The summed E-state index contributed by atoms with van der Waals surface area (Å²) in [6.07, 6.45) is 0.344. The highest BCUT2D eigenvalue weighted by atomic mass is 32.1. The number of fused-ring (bicyclic) bond motifs is 3. The number of aryl methyl sites for hydroxylation is 1. The minimum atomic E-state index is -0.163. The largest absolute Gasteiger partial charge is 0.466 e. The van der Waals surface area contributed by atoms with Crippen LogP contribution in [-0.4, -0.2) is 12.6 Å². The molecule has 0 N–H and O–H groups in total. The van der Waals surface area contributed by atoms with Crippen LogP contribution in [0.25, 0.3) is 20.2 Å². The van der Waals surface area contributed by atoms with E-state index in [-0.39, 0.29) is 5.97 Å². The van der Waals surface area contributed by atoms with Gasteiger partial charge in [-0.15, -0.1) is 11.3 Å². The van der Waals surface area contributed by atoms with Crippen LogP contribution in [-0.2, 0) is 16.0 Å². The Kier molecular flexibility index (Phi) is 3.45. The molecule has 0 aliphatic carbocycles. The van der Waals surface area contributed by atoms with E-state index in [4.69, 9.17) is 4.74 Å². The van der Waals surface area contributed by atoms with Crippen molar-refractivity contribution in [3.05, 3.63) is 47.5 Å². The summed E-state index contributed by atoms with van der Waals surface area (Å²) in [7, 11) is 0. The summed E-state index contributed by atoms with van der Waals surface area (Å²) in [5, 5.41) is 2.56. The van der Waals surface area contributed by atoms with Crippen molar-refractivity contribution in [2.75, 3.05) is 6.61 Å². The molecule has 1 aromatic heterocycles. The second-order valence-corrected chi connectivity index (χ2v) is 6.00. The molecule has 102 valence electrons. The molecule has 0 amide bonds. The lowest BCUT2D eigenvalue weighted by molar-refractivity contribution is -0.142. The first-order valence-electron chi connectivity index (χ1n) is 6.75. The van der Waals surface area contributed by atoms with Crippen LogP contribution in [0.15, 0.2) is 36.4 Å². The summed E-state index contributed by atoms with van der Waals surface area (Å²) in [6, 6.07) is 12.8. The first-order chi connectivity index (χ1) is 9.67. The molecule has 0 fully saturated rings. The van der Waals surface area contributed by atoms with Crippen LogP contribution in [0.1, 0.15) is 18.1 Å². The van der Waals surface area contributed by atoms with Gasteiger partial charge in [0.1, 0.15) is 0 Å². The highest BCUT2D eigenvalue weighted by molar-refractivity contribution is 7.25. The van der Waals surface area contributed by atoms with Gasteiger partial charge in [0, 0.05) is 20.2 Å². The van der Waals surface area contributed by atoms with E-state index in [1.807, 2.05) is 13.0 Å². The smallest absolute Gasteiger partial charge is 0.310 e. The molecule has 0 unspecified atom stereocenters. The molecule has 2 nitrogen and oxygen atoms in total. The molecule has 0 saturated carbocycles. The van der Waals surface area contributed by atoms with Crippen LogP contribution in [0.4, 0.5) is 0 Å². The first-order valence-corrected chi connectivity index (χ1v) is 7.56. The molecular formula is C17H16O2S. The molecule has 3 rings (SSSR count). The van der Waals surface area contributed by atoms with Crippen molar-refractivity contribution in [1.82, 2.24) is 0 Å². The zero-order valence-electron chi connectivity index (χ0n) is 11.6. The zero-order chi connectivity index (χ0) is 14.1. The van der Waals surface area contributed by atoms with Crippen LogP contribution < -0.4 is 0 Å². The third kappa shape index (κ3) is 2.41. The summed E-state index contributed by atoms with van der Waals surface area (Å²) in [5.41, 5.74) is 2.28. The lowest BCUT2D eigenvalue weighted by Crippen LogP contribution is -2.07. The van der Waals surface area contributed by atoms with E-state index < -0.39 is 0 Å². The molecule has 3 heteroatoms. The molecule has 0 saturated heterocycles. The average Bonchev–Trinajstić information content (AvgIpc) is 2.76. The maximum absolute atomic E-state index is 11.5. The molecule has 0 spiro atoms. The third-order valence-corrected chi connectivity index (χ3v) is 4.48. The van der Waals surface area contributed by atoms with Crippen LogP contribution in [0.2, 0.25) is 0 Å². The fourth-order valence-corrected chi connectivity index (χ4v) is 3.57. The molecule has 20 heavy (non-hydrogen) atoms. The van der Waals surface area contributed by atoms with Gasteiger partial charge in [0.05, 0.1) is 13.0 Å². The van der Waals surface area contributed by atoms with E-state index in [0.29, 0.717) is 13.0 Å². The molecule has 0 aliphatic rings. The van der Waals surface area contributed by atoms with Crippen molar-refractivity contribution < 1.29 is 9.53 Å². The number of carbonyl (C=O) groups excluding carboxylic acids is 1. The zero-order valence-corrected chi connectivity index (χ0v) is 12.4. The Balaban J connectivity index is 2.03. The fourth-order valence-electron chi connectivity index (χ4n) is 2.42. The second kappa shape index (κ2) is 5.25. The summed E-state index contributed by atoms with van der Waals surface area (Å²) in [4.78, 5) is 11.5. The number of hydrogen-bond donors (Lipinski definition) is 0. The van der Waals surface area contributed by atoms with Crippen molar-refractivity contribution in [3.8, 4) is 0 Å². The SMILES string of the molecule is CCOC(=O)Cc1ccc2c(c1)sc1ccc(C)cc12. The Morgan fingerprint density at radius 3 is 2.75 bits per heavy atom. The monoisotopic (exact) mass is 284 g/mol. The Hall–Kier alpha value is -1.87. The van der Waals surface area contributed by atoms with E-state index in [0.717, 1.165) is 5.56 Å². The van der Waals surface area contributed by atoms with Crippen LogP contribution in [0.5, 0.6) is 0 Å². The number of rotatable bonds is 3. The average molecular weight is 284 g/mol. The fraction of sp³-hybridized carbons (Fsp3) is 0.235. The lowest BCUT2D eigenvalue weighted by atomic mass is 10.1. The highest BCUT2D eigenvalue weighted by Crippen LogP contribution is 2.34. The highest BCUT2D eigenvalue weighted by Gasteiger charge is 2.08. The molecule has 2 aromatic carbocycles. The van der Waals surface area contributed by atoms with E-state index in [1.165, 1.54) is 25.7 Å². The third-order valence-electron chi connectivity index (χ3n) is 3.34. The van der Waals surface area contributed by atoms with Crippen molar-refractivity contribution in [2.24, 2.45) is 0 Å². The minimum absolute atomic E-state index is 0.163. The van der Waals surface area contributed by atoms with E-state index in [9.17, 15) is 4.79 Å². The number of carbonyl (C=O) groups is 1. The van der Waals surface area contributed by atoms with Crippen molar-refractivity contribution in [2.45, 2.75) is 20.3 Å². The van der Waals surface area contributed by atoms with Gasteiger partial charge in [0.2, 0.25) is 0 Å². The van der Waals surface area contributed by atoms with Gasteiger partial charge in [-0.3, -0.25) is 4.79 Å². The van der Waals surface area contributed by atoms with Gasteiger partial charge in [-0.05, 0) is 37.6 Å². The quantitative estimate of drug-likeness (QED) is 0.663. The summed E-state index contributed by atoms with van der Waals surface area (Å²) in [5.74, 6) is -0.163. The number of ether oxygens (including phenoxy) is 1. The summed E-state index contributed by atoms with van der Waals surface area (Å²) in [6.45, 7) is 4.37. The predicted molar refractivity (Wildman–Crippen MR) is 84.4 cm³/mol. The predicted octanol–water partition coefficient (Wildman–Crippen LogP) is 4.47. The van der Waals surface area contributed by atoms with Gasteiger partial charge in [0.15, 0.2) is 0 Å². The molecule has 0 aliphatic heterocycles. The minimum Gasteiger partial charge on any atom is -0.466 e. The standard InChI is InChI=1S/C17H16O2S/c1-3-19-17(18)10-12-5-6-13-14-8-11(2)4-7-15(14)20-16(13)9-12/h4-9H,3,10H2,1-2H3. The van der Waals surface area contributed by atoms with Crippen molar-refractivity contribution >= 4 is 37.5 Å². The Morgan fingerprint density at radius 2 is 1.95 bits per heavy atom. The maximum atomic E-state index is 11.5. The normalized spacial score (nSPS) is 11.1. The van der Waals surface area contributed by atoms with E-state index in [1.54, 1.807) is 11.3 Å². The van der Waals surface area contributed by atoms with Gasteiger partial charge in [-0.2, -0.15) is 0 Å². The number of esters is 1. The van der Waals surface area contributed by atoms with Crippen LogP contribution >= 0.6 is 11.3 Å². The van der Waals surface area contributed by atoms with E-state index in [2.05, 4.69) is 37.3 Å². The van der Waals surface area contributed by atoms with Gasteiger partial charge in [-0.1, -0.05) is 23.8 Å². The van der Waals surface area contributed by atoms with Crippen molar-refractivity contribution in [3.63, 3.8) is 0 Å². The Bertz CT molecular complexity index is 786. The number of benzene rings is 2. The molecule has 3 aromatic rings. The first kappa shape index (κ1) is 13.1. The van der Waals surface area contributed by atoms with Crippen LogP contribution in [0.3, 0.4) is 0 Å². The van der Waals surface area contributed by atoms with E-state index >= 15 is 0 Å².